The highest BCUT2D eigenvalue weighted by Crippen LogP contribution is 1.89. The van der Waals surface area contributed by atoms with Crippen LogP contribution in [-0.4, -0.2) is 90.4 Å². The third-order valence-corrected chi connectivity index (χ3v) is 6.29. The Balaban J connectivity index is 0.000000354. The quantitative estimate of drug-likeness (QED) is 0.148. The molecule has 0 unspecified atom stereocenters. The Morgan fingerprint density at radius 2 is 0.746 bits per heavy atom. The van der Waals surface area contributed by atoms with Gasteiger partial charge in [0.2, 0.25) is 0 Å². The highest BCUT2D eigenvalue weighted by atomic mass is 15.1. The van der Waals surface area contributed by atoms with Crippen molar-refractivity contribution in [2.45, 2.75) is 62.3 Å². The average Bonchev–Trinajstić information content (AvgIpc) is 3.31. The van der Waals surface area contributed by atoms with Gasteiger partial charge < -0.3 is 0 Å². The van der Waals surface area contributed by atoms with Gasteiger partial charge >= 0.3 is 0 Å². The maximum Gasteiger partial charge on any atom is 0.147 e. The zero-order chi connectivity index (χ0) is 46.0. The largest absolute Gasteiger partial charge is 0.264 e. The SMILES string of the molecule is Cc1ccccn1.Cc1cccnc1.Cc1cccnn1.Cc1cnccn1.Cc1cnccn1.Cc1cncnn1.Cc1ncccn1.Cc1ncccn1.Cc1nccnn1. The van der Waals surface area contributed by atoms with E-state index in [2.05, 4.69) is 90.4 Å². The van der Waals surface area contributed by atoms with Crippen molar-refractivity contribution in [3.63, 3.8) is 0 Å². The van der Waals surface area contributed by atoms with Gasteiger partial charge in [0.05, 0.1) is 35.2 Å². The van der Waals surface area contributed by atoms with Crippen molar-refractivity contribution in [2.24, 2.45) is 0 Å². The van der Waals surface area contributed by atoms with Crippen molar-refractivity contribution in [1.82, 2.24) is 90.4 Å². The van der Waals surface area contributed by atoms with Crippen molar-refractivity contribution in [2.75, 3.05) is 0 Å². The van der Waals surface area contributed by atoms with Gasteiger partial charge in [0, 0.05) is 98.6 Å². The van der Waals surface area contributed by atoms with E-state index < -0.39 is 0 Å². The van der Waals surface area contributed by atoms with Gasteiger partial charge in [-0.1, -0.05) is 12.1 Å². The van der Waals surface area contributed by atoms with Crippen molar-refractivity contribution in [1.29, 1.82) is 0 Å². The first-order chi connectivity index (χ1) is 30.5. The molecule has 0 aliphatic rings. The Morgan fingerprint density at radius 1 is 0.270 bits per heavy atom. The molecule has 0 bridgehead atoms. The summed E-state index contributed by atoms with van der Waals surface area (Å²) < 4.78 is 0. The second-order valence-electron chi connectivity index (χ2n) is 12.1. The van der Waals surface area contributed by atoms with Gasteiger partial charge in [-0.25, -0.2) is 29.9 Å². The lowest BCUT2D eigenvalue weighted by atomic mass is 10.3. The Hall–Kier alpha value is -8.28. The van der Waals surface area contributed by atoms with Gasteiger partial charge in [-0.05, 0) is 110 Å². The lowest BCUT2D eigenvalue weighted by molar-refractivity contribution is 0.907. The van der Waals surface area contributed by atoms with E-state index in [0.29, 0.717) is 5.82 Å². The van der Waals surface area contributed by atoms with Crippen LogP contribution in [0.15, 0.2) is 166 Å². The number of rotatable bonds is 0. The molecule has 0 saturated carbocycles. The molecular formula is C45H54N18. The molecule has 0 aromatic carbocycles. The van der Waals surface area contributed by atoms with Gasteiger partial charge in [-0.3, -0.25) is 29.9 Å². The second-order valence-corrected chi connectivity index (χ2v) is 12.1. The summed E-state index contributed by atoms with van der Waals surface area (Å²) in [7, 11) is 0. The Bertz CT molecular complexity index is 1760. The molecule has 0 N–H and O–H groups in total. The standard InChI is InChI=1S/2C6H7N.5C5H6N2.2C4H5N3/c1-6-3-2-4-7-5-6;1-6-4-2-3-5-7-6;2*1-5-4-6-2-3-7-5;2*1-5-6-3-2-4-7-5;1-5-3-2-4-6-7-5;1-4-2-5-3-6-7-4;1-4-5-2-3-6-7-4/h2*2-5H,1H3;5*2-4H,1H3;2*2-3H,1H3. The number of pyridine rings is 2. The van der Waals surface area contributed by atoms with Crippen LogP contribution in [0.4, 0.5) is 0 Å². The minimum atomic E-state index is 0.711. The zero-order valence-corrected chi connectivity index (χ0v) is 37.1. The molecule has 9 heterocycles. The smallest absolute Gasteiger partial charge is 0.147 e. The molecule has 18 heteroatoms. The molecule has 9 rings (SSSR count). The lowest BCUT2D eigenvalue weighted by Crippen LogP contribution is -1.85. The van der Waals surface area contributed by atoms with E-state index in [9.17, 15) is 0 Å². The van der Waals surface area contributed by atoms with Gasteiger partial charge in [-0.15, -0.1) is 10.2 Å². The number of aromatic nitrogens is 18. The van der Waals surface area contributed by atoms with E-state index in [1.807, 2.05) is 104 Å². The molecule has 18 nitrogen and oxygen atoms in total. The monoisotopic (exact) mass is 846 g/mol. The molecule has 9 aromatic heterocycles. The zero-order valence-electron chi connectivity index (χ0n) is 37.1. The number of hydrogen-bond acceptors (Lipinski definition) is 18. The molecule has 0 spiro atoms. The molecule has 0 amide bonds. The summed E-state index contributed by atoms with van der Waals surface area (Å²) in [6.07, 6.45) is 30.3. The minimum Gasteiger partial charge on any atom is -0.264 e. The third-order valence-electron chi connectivity index (χ3n) is 6.29. The van der Waals surface area contributed by atoms with E-state index in [4.69, 9.17) is 0 Å². The first-order valence-electron chi connectivity index (χ1n) is 19.2. The molecule has 63 heavy (non-hydrogen) atoms. The summed E-state index contributed by atoms with van der Waals surface area (Å²) in [4.78, 5) is 46.3. The van der Waals surface area contributed by atoms with E-state index in [1.165, 1.54) is 11.9 Å². The Morgan fingerprint density at radius 3 is 0.968 bits per heavy atom. The third kappa shape index (κ3) is 35.4. The Labute approximate surface area is 369 Å². The van der Waals surface area contributed by atoms with Crippen LogP contribution in [0.1, 0.15) is 51.5 Å². The molecule has 0 aliphatic heterocycles. The van der Waals surface area contributed by atoms with Crippen molar-refractivity contribution >= 4 is 0 Å². The number of hydrogen-bond donors (Lipinski definition) is 0. The fourth-order valence-corrected chi connectivity index (χ4v) is 3.40. The number of aryl methyl sites for hydroxylation is 9. The molecule has 0 radical (unpaired) electrons. The molecule has 0 atom stereocenters. The highest BCUT2D eigenvalue weighted by molar-refractivity contribution is 5.04. The molecule has 0 aliphatic carbocycles. The van der Waals surface area contributed by atoms with E-state index in [-0.39, 0.29) is 0 Å². The van der Waals surface area contributed by atoms with Crippen LogP contribution in [0.3, 0.4) is 0 Å². The van der Waals surface area contributed by atoms with Gasteiger partial charge in [-0.2, -0.15) is 20.4 Å². The predicted octanol–water partition coefficient (Wildman–Crippen LogP) is 7.07. The molecule has 0 saturated heterocycles. The van der Waals surface area contributed by atoms with E-state index in [0.717, 1.165) is 40.1 Å². The lowest BCUT2D eigenvalue weighted by Gasteiger charge is -1.82. The van der Waals surface area contributed by atoms with Gasteiger partial charge in [0.15, 0.2) is 0 Å². The maximum atomic E-state index is 3.98. The minimum absolute atomic E-state index is 0.711. The summed E-state index contributed by atoms with van der Waals surface area (Å²) in [6, 6.07) is 17.2. The summed E-state index contributed by atoms with van der Waals surface area (Å²) >= 11 is 0. The van der Waals surface area contributed by atoms with Crippen LogP contribution in [0.25, 0.3) is 0 Å². The summed E-state index contributed by atoms with van der Waals surface area (Å²) in [5, 5.41) is 21.7. The average molecular weight is 847 g/mol. The van der Waals surface area contributed by atoms with Gasteiger partial charge in [0.25, 0.3) is 0 Å². The van der Waals surface area contributed by atoms with E-state index in [1.54, 1.807) is 118 Å². The van der Waals surface area contributed by atoms with E-state index >= 15 is 0 Å². The molecule has 324 valence electrons. The van der Waals surface area contributed by atoms with Crippen LogP contribution < -0.4 is 0 Å². The normalized spacial score (nSPS) is 8.71. The molecule has 0 fully saturated rings. The van der Waals surface area contributed by atoms with Crippen molar-refractivity contribution in [3.05, 3.63) is 218 Å². The predicted molar refractivity (Wildman–Crippen MR) is 241 cm³/mol. The van der Waals surface area contributed by atoms with Crippen LogP contribution in [0.5, 0.6) is 0 Å². The molecular weight excluding hydrogens is 793 g/mol. The first-order valence-corrected chi connectivity index (χ1v) is 19.2. The van der Waals surface area contributed by atoms with Crippen LogP contribution in [0, 0.1) is 62.3 Å². The molecule has 9 aromatic rings. The van der Waals surface area contributed by atoms with Crippen LogP contribution in [-0.2, 0) is 0 Å². The summed E-state index contributed by atoms with van der Waals surface area (Å²) in [5.41, 5.74) is 6.01. The fourth-order valence-electron chi connectivity index (χ4n) is 3.40. The van der Waals surface area contributed by atoms with Crippen LogP contribution in [0.2, 0.25) is 0 Å². The maximum absolute atomic E-state index is 3.98. The second kappa shape index (κ2) is 36.8. The first kappa shape index (κ1) is 52.7. The summed E-state index contributed by atoms with van der Waals surface area (Å²) in [5.74, 6) is 2.35. The van der Waals surface area contributed by atoms with Gasteiger partial charge in [0.1, 0.15) is 23.8 Å². The van der Waals surface area contributed by atoms with Crippen molar-refractivity contribution in [3.8, 4) is 0 Å². The summed E-state index contributed by atoms with van der Waals surface area (Å²) in [6.45, 7) is 17.1. The Kier molecular flexibility index (Phi) is 30.8. The highest BCUT2D eigenvalue weighted by Gasteiger charge is 1.80. The topological polar surface area (TPSA) is 232 Å². The number of nitrogens with zero attached hydrogens (tertiary/aromatic N) is 18. The fraction of sp³-hybridized carbons (Fsp3) is 0.200. The van der Waals surface area contributed by atoms with Crippen molar-refractivity contribution < 1.29 is 0 Å². The van der Waals surface area contributed by atoms with Crippen LogP contribution >= 0.6 is 0 Å².